The Labute approximate surface area is 102 Å². The van der Waals surface area contributed by atoms with E-state index in [1.54, 1.807) is 12.1 Å². The number of carbonyl (C=O) groups is 1. The summed E-state index contributed by atoms with van der Waals surface area (Å²) < 4.78 is 0. The van der Waals surface area contributed by atoms with E-state index in [1.165, 1.54) is 0 Å². The second kappa shape index (κ2) is 6.23. The van der Waals surface area contributed by atoms with Crippen molar-refractivity contribution in [3.05, 3.63) is 23.4 Å². The third-order valence-electron chi connectivity index (χ3n) is 2.82. The summed E-state index contributed by atoms with van der Waals surface area (Å²) in [5.41, 5.74) is 1.10. The number of nitrogens with one attached hydrogen (secondary N) is 1. The quantitative estimate of drug-likeness (QED) is 0.797. The zero-order chi connectivity index (χ0) is 12.8. The minimum absolute atomic E-state index is 0.295. The molecule has 0 saturated heterocycles. The maximum absolute atomic E-state index is 11.0. The van der Waals surface area contributed by atoms with Crippen molar-refractivity contribution in [1.82, 2.24) is 4.98 Å². The summed E-state index contributed by atoms with van der Waals surface area (Å²) in [7, 11) is 0. The fourth-order valence-electron chi connectivity index (χ4n) is 1.41. The number of aryl methyl sites for hydroxylation is 1. The smallest absolute Gasteiger partial charge is 0.335 e. The van der Waals surface area contributed by atoms with Gasteiger partial charge in [-0.2, -0.15) is 0 Å². The van der Waals surface area contributed by atoms with Gasteiger partial charge in [0.1, 0.15) is 5.82 Å². The molecule has 0 fully saturated rings. The summed E-state index contributed by atoms with van der Waals surface area (Å²) in [6, 6.07) is 3.21. The minimum Gasteiger partial charge on any atom is -0.478 e. The Hall–Kier alpha value is -1.58. The molecule has 2 N–H and O–H groups in total. The highest BCUT2D eigenvalue weighted by Crippen LogP contribution is 2.12. The molecule has 0 saturated carbocycles. The zero-order valence-corrected chi connectivity index (χ0v) is 10.7. The molecule has 0 spiro atoms. The van der Waals surface area contributed by atoms with Crippen LogP contribution in [0.4, 0.5) is 5.82 Å². The summed E-state index contributed by atoms with van der Waals surface area (Å²) >= 11 is 0. The maximum atomic E-state index is 11.0. The fraction of sp³-hybridized carbons (Fsp3) is 0.538. The van der Waals surface area contributed by atoms with E-state index >= 15 is 0 Å². The van der Waals surface area contributed by atoms with Crippen molar-refractivity contribution >= 4 is 11.8 Å². The predicted octanol–water partition coefficient (Wildman–Crippen LogP) is 2.80. The molecular weight excluding hydrogens is 216 g/mol. The molecule has 0 aliphatic heterocycles. The molecule has 94 valence electrons. The Kier molecular flexibility index (Phi) is 4.94. The van der Waals surface area contributed by atoms with Crippen molar-refractivity contribution in [2.24, 2.45) is 5.92 Å². The third kappa shape index (κ3) is 4.06. The van der Waals surface area contributed by atoms with Crippen LogP contribution in [0.25, 0.3) is 0 Å². The lowest BCUT2D eigenvalue weighted by molar-refractivity contribution is 0.0696. The third-order valence-corrected chi connectivity index (χ3v) is 2.82. The van der Waals surface area contributed by atoms with Crippen molar-refractivity contribution in [3.8, 4) is 0 Å². The van der Waals surface area contributed by atoms with Gasteiger partial charge in [-0.15, -0.1) is 0 Å². The van der Waals surface area contributed by atoms with Gasteiger partial charge in [-0.05, 0) is 24.5 Å². The molecule has 0 amide bonds. The molecular formula is C13H20N2O2. The first-order valence-corrected chi connectivity index (χ1v) is 6.04. The summed E-state index contributed by atoms with van der Waals surface area (Å²) in [4.78, 5) is 15.3. The Morgan fingerprint density at radius 2 is 2.18 bits per heavy atom. The lowest BCUT2D eigenvalue weighted by Crippen LogP contribution is -2.12. The average molecular weight is 236 g/mol. The minimum atomic E-state index is -0.909. The number of pyridine rings is 1. The largest absolute Gasteiger partial charge is 0.478 e. The van der Waals surface area contributed by atoms with Gasteiger partial charge in [0.05, 0.1) is 5.56 Å². The van der Waals surface area contributed by atoms with E-state index in [-0.39, 0.29) is 0 Å². The van der Waals surface area contributed by atoms with Gasteiger partial charge in [-0.3, -0.25) is 0 Å². The number of aromatic nitrogens is 1. The van der Waals surface area contributed by atoms with Crippen LogP contribution in [0.5, 0.6) is 0 Å². The molecule has 1 unspecified atom stereocenters. The van der Waals surface area contributed by atoms with E-state index in [2.05, 4.69) is 24.1 Å². The normalized spacial score (nSPS) is 12.2. The first-order valence-electron chi connectivity index (χ1n) is 6.04. The molecule has 1 atom stereocenters. The van der Waals surface area contributed by atoms with Crippen LogP contribution >= 0.6 is 0 Å². The van der Waals surface area contributed by atoms with Crippen molar-refractivity contribution in [1.29, 1.82) is 0 Å². The van der Waals surface area contributed by atoms with Crippen LogP contribution in [-0.4, -0.2) is 22.6 Å². The number of hydrogen-bond donors (Lipinski definition) is 2. The monoisotopic (exact) mass is 236 g/mol. The van der Waals surface area contributed by atoms with Crippen LogP contribution in [0.2, 0.25) is 0 Å². The molecule has 4 heteroatoms. The summed E-state index contributed by atoms with van der Waals surface area (Å²) in [6.07, 6.45) is 1.82. The summed E-state index contributed by atoms with van der Waals surface area (Å²) in [5, 5.41) is 12.2. The van der Waals surface area contributed by atoms with Gasteiger partial charge in [0.2, 0.25) is 0 Å². The van der Waals surface area contributed by atoms with Gasteiger partial charge in [0, 0.05) is 12.2 Å². The lowest BCUT2D eigenvalue weighted by atomic mass is 10.1. The molecule has 0 aromatic carbocycles. The van der Waals surface area contributed by atoms with Gasteiger partial charge >= 0.3 is 5.97 Å². The van der Waals surface area contributed by atoms with Crippen LogP contribution in [0.15, 0.2) is 12.1 Å². The molecule has 0 bridgehead atoms. The number of carboxylic acids is 1. The summed E-state index contributed by atoms with van der Waals surface area (Å²) in [6.45, 7) is 7.06. The number of aromatic carboxylic acids is 1. The van der Waals surface area contributed by atoms with Gasteiger partial charge in [-0.25, -0.2) is 9.78 Å². The molecule has 0 radical (unpaired) electrons. The maximum Gasteiger partial charge on any atom is 0.335 e. The summed E-state index contributed by atoms with van der Waals surface area (Å²) in [5.74, 6) is 0.297. The number of rotatable bonds is 6. The Balaban J connectivity index is 2.83. The Bertz CT molecular complexity index is 391. The number of anilines is 1. The van der Waals surface area contributed by atoms with E-state index in [4.69, 9.17) is 5.11 Å². The molecule has 17 heavy (non-hydrogen) atoms. The zero-order valence-electron chi connectivity index (χ0n) is 10.7. The van der Waals surface area contributed by atoms with E-state index in [1.807, 2.05) is 6.92 Å². The van der Waals surface area contributed by atoms with Crippen molar-refractivity contribution in [2.75, 3.05) is 11.9 Å². The molecule has 1 rings (SSSR count). The topological polar surface area (TPSA) is 62.2 Å². The van der Waals surface area contributed by atoms with Gasteiger partial charge < -0.3 is 10.4 Å². The fourth-order valence-corrected chi connectivity index (χ4v) is 1.41. The van der Waals surface area contributed by atoms with Crippen molar-refractivity contribution < 1.29 is 9.90 Å². The van der Waals surface area contributed by atoms with Crippen LogP contribution in [0.1, 0.15) is 43.2 Å². The molecule has 4 nitrogen and oxygen atoms in total. The molecule has 0 aliphatic rings. The van der Waals surface area contributed by atoms with E-state index in [9.17, 15) is 4.79 Å². The van der Waals surface area contributed by atoms with Crippen LogP contribution in [0, 0.1) is 5.92 Å². The highest BCUT2D eigenvalue weighted by molar-refractivity contribution is 5.88. The van der Waals surface area contributed by atoms with Crippen LogP contribution < -0.4 is 5.32 Å². The second-order valence-electron chi connectivity index (χ2n) is 4.29. The standard InChI is InChI=1S/C13H20N2O2/c1-4-9(3)8-14-12-7-10(13(16)17)6-11(5-2)15-12/h6-7,9H,4-5,8H2,1-3H3,(H,14,15)(H,16,17). The molecule has 1 heterocycles. The number of nitrogens with zero attached hydrogens (tertiary/aromatic N) is 1. The highest BCUT2D eigenvalue weighted by Gasteiger charge is 2.08. The second-order valence-corrected chi connectivity index (χ2v) is 4.29. The van der Waals surface area contributed by atoms with E-state index in [0.29, 0.717) is 17.3 Å². The number of hydrogen-bond acceptors (Lipinski definition) is 3. The van der Waals surface area contributed by atoms with Gasteiger partial charge in [0.15, 0.2) is 0 Å². The van der Waals surface area contributed by atoms with Crippen LogP contribution in [0.3, 0.4) is 0 Å². The first kappa shape index (κ1) is 13.5. The molecule has 0 aliphatic carbocycles. The van der Waals surface area contributed by atoms with Gasteiger partial charge in [0.25, 0.3) is 0 Å². The van der Waals surface area contributed by atoms with E-state index in [0.717, 1.165) is 25.1 Å². The highest BCUT2D eigenvalue weighted by atomic mass is 16.4. The lowest BCUT2D eigenvalue weighted by Gasteiger charge is -2.12. The molecule has 1 aromatic rings. The SMILES string of the molecule is CCc1cc(C(=O)O)cc(NCC(C)CC)n1. The van der Waals surface area contributed by atoms with Crippen molar-refractivity contribution in [2.45, 2.75) is 33.6 Å². The van der Waals surface area contributed by atoms with Crippen molar-refractivity contribution in [3.63, 3.8) is 0 Å². The Morgan fingerprint density at radius 3 is 2.71 bits per heavy atom. The number of carboxylic acid groups (broad SMARTS) is 1. The van der Waals surface area contributed by atoms with E-state index < -0.39 is 5.97 Å². The molecule has 1 aromatic heterocycles. The average Bonchev–Trinajstić information content (AvgIpc) is 2.35. The Morgan fingerprint density at radius 1 is 1.47 bits per heavy atom. The first-order chi connectivity index (χ1) is 8.06. The van der Waals surface area contributed by atoms with Gasteiger partial charge in [-0.1, -0.05) is 27.2 Å². The predicted molar refractivity (Wildman–Crippen MR) is 68.5 cm³/mol. The van der Waals surface area contributed by atoms with Crippen LogP contribution in [-0.2, 0) is 6.42 Å².